The third kappa shape index (κ3) is 6.50. The molecule has 146 valence electrons. The molecular weight excluding hydrogens is 330 g/mol. The third-order valence-electron chi connectivity index (χ3n) is 4.72. The van der Waals surface area contributed by atoms with Crippen molar-refractivity contribution in [2.75, 3.05) is 39.2 Å². The average molecular weight is 364 g/mol. The second-order valence-corrected chi connectivity index (χ2v) is 7.15. The van der Waals surface area contributed by atoms with Crippen molar-refractivity contribution in [1.82, 2.24) is 10.2 Å². The van der Waals surface area contributed by atoms with Crippen LogP contribution in [0.2, 0.25) is 0 Å². The van der Waals surface area contributed by atoms with E-state index in [9.17, 15) is 4.79 Å². The van der Waals surface area contributed by atoms with E-state index in [1.165, 1.54) is 32.4 Å². The summed E-state index contributed by atoms with van der Waals surface area (Å²) in [5, 5.41) is 6.47. The first-order chi connectivity index (χ1) is 12.5. The van der Waals surface area contributed by atoms with Gasteiger partial charge in [0.15, 0.2) is 0 Å². The molecule has 1 aromatic rings. The van der Waals surface area contributed by atoms with Crippen LogP contribution in [-0.2, 0) is 4.79 Å². The number of nitrogens with zero attached hydrogens (tertiary/aromatic N) is 1. The molecule has 2 rings (SSSR count). The molecule has 1 fully saturated rings. The van der Waals surface area contributed by atoms with Gasteiger partial charge in [-0.15, -0.1) is 0 Å². The van der Waals surface area contributed by atoms with Crippen molar-refractivity contribution in [2.24, 2.45) is 0 Å². The summed E-state index contributed by atoms with van der Waals surface area (Å²) in [6.45, 7) is 7.67. The van der Waals surface area contributed by atoms with Crippen molar-refractivity contribution < 1.29 is 14.3 Å². The molecular formula is C20H33N3O3. The minimum Gasteiger partial charge on any atom is -0.497 e. The molecule has 1 aliphatic heterocycles. The fraction of sp³-hybridized carbons (Fsp3) is 0.650. The van der Waals surface area contributed by atoms with E-state index in [1.54, 1.807) is 32.4 Å². The average Bonchev–Trinajstić information content (AvgIpc) is 2.62. The molecule has 0 saturated carbocycles. The first-order valence-electron chi connectivity index (χ1n) is 9.52. The lowest BCUT2D eigenvalue weighted by Crippen LogP contribution is -2.45. The van der Waals surface area contributed by atoms with E-state index in [4.69, 9.17) is 9.47 Å². The van der Waals surface area contributed by atoms with Gasteiger partial charge in [0, 0.05) is 31.1 Å². The SMILES string of the molecule is COc1ccc(NC(=O)CC(C)NC(C)CN2CCCCC2)c(OC)c1. The zero-order chi connectivity index (χ0) is 18.9. The van der Waals surface area contributed by atoms with Gasteiger partial charge in [0.2, 0.25) is 5.91 Å². The van der Waals surface area contributed by atoms with Crippen LogP contribution in [0.5, 0.6) is 11.5 Å². The number of amides is 1. The molecule has 6 nitrogen and oxygen atoms in total. The Kier molecular flexibility index (Phi) is 8.19. The molecule has 6 heteroatoms. The van der Waals surface area contributed by atoms with Gasteiger partial charge >= 0.3 is 0 Å². The summed E-state index contributed by atoms with van der Waals surface area (Å²) in [5.41, 5.74) is 0.659. The van der Waals surface area contributed by atoms with Gasteiger partial charge in [-0.3, -0.25) is 4.79 Å². The molecule has 1 aromatic carbocycles. The Balaban J connectivity index is 1.79. The Bertz CT molecular complexity index is 573. The highest BCUT2D eigenvalue weighted by atomic mass is 16.5. The van der Waals surface area contributed by atoms with E-state index in [2.05, 4.69) is 29.4 Å². The van der Waals surface area contributed by atoms with Crippen LogP contribution in [0.4, 0.5) is 5.69 Å². The topological polar surface area (TPSA) is 62.8 Å². The predicted molar refractivity (Wildman–Crippen MR) is 105 cm³/mol. The maximum atomic E-state index is 12.4. The van der Waals surface area contributed by atoms with Gasteiger partial charge in [-0.05, 0) is 51.9 Å². The van der Waals surface area contributed by atoms with Gasteiger partial charge in [-0.25, -0.2) is 0 Å². The molecule has 26 heavy (non-hydrogen) atoms. The first kappa shape index (κ1) is 20.5. The Morgan fingerprint density at radius 2 is 1.85 bits per heavy atom. The second kappa shape index (κ2) is 10.4. The lowest BCUT2D eigenvalue weighted by atomic mass is 10.1. The van der Waals surface area contributed by atoms with Crippen LogP contribution in [0.3, 0.4) is 0 Å². The standard InChI is InChI=1S/C20H33N3O3/c1-15(21-16(2)14-23-10-6-5-7-11-23)12-20(24)22-18-9-8-17(25-3)13-19(18)26-4/h8-9,13,15-16,21H,5-7,10-12,14H2,1-4H3,(H,22,24). The molecule has 1 aliphatic rings. The molecule has 2 unspecified atom stereocenters. The fourth-order valence-electron chi connectivity index (χ4n) is 3.51. The summed E-state index contributed by atoms with van der Waals surface area (Å²) in [7, 11) is 3.18. The number of methoxy groups -OCH3 is 2. The van der Waals surface area contributed by atoms with E-state index in [-0.39, 0.29) is 11.9 Å². The number of piperidine rings is 1. The fourth-order valence-corrected chi connectivity index (χ4v) is 3.51. The van der Waals surface area contributed by atoms with Gasteiger partial charge < -0.3 is 25.0 Å². The number of benzene rings is 1. The lowest BCUT2D eigenvalue weighted by molar-refractivity contribution is -0.116. The molecule has 1 heterocycles. The number of hydrogen-bond donors (Lipinski definition) is 2. The number of rotatable bonds is 9. The monoisotopic (exact) mass is 363 g/mol. The van der Waals surface area contributed by atoms with Crippen LogP contribution in [0, 0.1) is 0 Å². The van der Waals surface area contributed by atoms with Crippen LogP contribution in [-0.4, -0.2) is 56.7 Å². The summed E-state index contributed by atoms with van der Waals surface area (Å²) in [6, 6.07) is 5.84. The van der Waals surface area contributed by atoms with Crippen LogP contribution in [0.25, 0.3) is 0 Å². The van der Waals surface area contributed by atoms with Gasteiger partial charge in [0.25, 0.3) is 0 Å². The smallest absolute Gasteiger partial charge is 0.226 e. The molecule has 1 saturated heterocycles. The van der Waals surface area contributed by atoms with Gasteiger partial charge in [-0.1, -0.05) is 6.42 Å². The molecule has 2 atom stereocenters. The number of likely N-dealkylation sites (tertiary alicyclic amines) is 1. The molecule has 0 spiro atoms. The van der Waals surface area contributed by atoms with Crippen molar-refractivity contribution in [1.29, 1.82) is 0 Å². The molecule has 0 aromatic heterocycles. The van der Waals surface area contributed by atoms with Crippen molar-refractivity contribution >= 4 is 11.6 Å². The zero-order valence-electron chi connectivity index (χ0n) is 16.5. The molecule has 1 amide bonds. The van der Waals surface area contributed by atoms with E-state index in [1.807, 2.05) is 0 Å². The largest absolute Gasteiger partial charge is 0.497 e. The maximum absolute atomic E-state index is 12.4. The summed E-state index contributed by atoms with van der Waals surface area (Å²) in [4.78, 5) is 14.9. The highest BCUT2D eigenvalue weighted by Gasteiger charge is 2.17. The molecule has 2 N–H and O–H groups in total. The quantitative estimate of drug-likeness (QED) is 0.706. The Morgan fingerprint density at radius 3 is 2.50 bits per heavy atom. The van der Waals surface area contributed by atoms with Crippen molar-refractivity contribution in [3.8, 4) is 11.5 Å². The van der Waals surface area contributed by atoms with E-state index >= 15 is 0 Å². The Morgan fingerprint density at radius 1 is 1.12 bits per heavy atom. The number of carbonyl (C=O) groups is 1. The summed E-state index contributed by atoms with van der Waals surface area (Å²) in [5.74, 6) is 1.26. The number of carbonyl (C=O) groups excluding carboxylic acids is 1. The van der Waals surface area contributed by atoms with Crippen molar-refractivity contribution in [3.05, 3.63) is 18.2 Å². The summed E-state index contributed by atoms with van der Waals surface area (Å²) >= 11 is 0. The summed E-state index contributed by atoms with van der Waals surface area (Å²) < 4.78 is 10.5. The molecule has 0 bridgehead atoms. The van der Waals surface area contributed by atoms with Crippen LogP contribution in [0.1, 0.15) is 39.5 Å². The van der Waals surface area contributed by atoms with Crippen LogP contribution >= 0.6 is 0 Å². The van der Waals surface area contributed by atoms with Gasteiger partial charge in [0.05, 0.1) is 19.9 Å². The maximum Gasteiger partial charge on any atom is 0.226 e. The van der Waals surface area contributed by atoms with Crippen LogP contribution < -0.4 is 20.1 Å². The number of nitrogens with one attached hydrogen (secondary N) is 2. The Hall–Kier alpha value is -1.79. The Labute approximate surface area is 157 Å². The first-order valence-corrected chi connectivity index (χ1v) is 9.52. The zero-order valence-corrected chi connectivity index (χ0v) is 16.5. The van der Waals surface area contributed by atoms with E-state index in [0.717, 1.165) is 6.54 Å². The second-order valence-electron chi connectivity index (χ2n) is 7.15. The lowest BCUT2D eigenvalue weighted by Gasteiger charge is -2.30. The highest BCUT2D eigenvalue weighted by molar-refractivity contribution is 5.92. The minimum absolute atomic E-state index is 0.0290. The number of hydrogen-bond acceptors (Lipinski definition) is 5. The molecule has 0 aliphatic carbocycles. The molecule has 0 radical (unpaired) electrons. The van der Waals surface area contributed by atoms with E-state index in [0.29, 0.717) is 29.6 Å². The summed E-state index contributed by atoms with van der Waals surface area (Å²) in [6.07, 6.45) is 4.37. The van der Waals surface area contributed by atoms with E-state index < -0.39 is 0 Å². The highest BCUT2D eigenvalue weighted by Crippen LogP contribution is 2.29. The van der Waals surface area contributed by atoms with Crippen molar-refractivity contribution in [3.63, 3.8) is 0 Å². The normalized spacial score (nSPS) is 17.4. The van der Waals surface area contributed by atoms with Crippen LogP contribution in [0.15, 0.2) is 18.2 Å². The number of ether oxygens (including phenoxy) is 2. The number of anilines is 1. The van der Waals surface area contributed by atoms with Crippen molar-refractivity contribution in [2.45, 2.75) is 51.6 Å². The predicted octanol–water partition coefficient (Wildman–Crippen LogP) is 2.88. The van der Waals surface area contributed by atoms with Gasteiger partial charge in [-0.2, -0.15) is 0 Å². The van der Waals surface area contributed by atoms with Gasteiger partial charge in [0.1, 0.15) is 11.5 Å². The third-order valence-corrected chi connectivity index (χ3v) is 4.72. The minimum atomic E-state index is -0.0290.